The Kier molecular flexibility index (Phi) is 4.52. The molecular weight excluding hydrogens is 262 g/mol. The minimum absolute atomic E-state index is 0.0629. The maximum atomic E-state index is 11.6. The first-order valence-corrected chi connectivity index (χ1v) is 6.45. The normalized spacial score (nSPS) is 20.9. The lowest BCUT2D eigenvalue weighted by Gasteiger charge is -2.34. The number of nitro benzene ring substituents is 1. The molecule has 0 unspecified atom stereocenters. The minimum atomic E-state index is -0.571. The summed E-state index contributed by atoms with van der Waals surface area (Å²) in [6, 6.07) is 5.76. The maximum Gasteiger partial charge on any atom is 0.411 e. The van der Waals surface area contributed by atoms with E-state index in [4.69, 9.17) is 4.74 Å². The van der Waals surface area contributed by atoms with E-state index >= 15 is 0 Å². The summed E-state index contributed by atoms with van der Waals surface area (Å²) in [4.78, 5) is 21.8. The van der Waals surface area contributed by atoms with E-state index < -0.39 is 11.0 Å². The molecule has 7 heteroatoms. The molecule has 0 aromatic heterocycles. The molecule has 1 fully saturated rings. The molecule has 0 saturated heterocycles. The summed E-state index contributed by atoms with van der Waals surface area (Å²) in [5.74, 6) is 0.551. The van der Waals surface area contributed by atoms with Crippen LogP contribution < -0.4 is 10.6 Å². The molecule has 0 atom stereocenters. The van der Waals surface area contributed by atoms with Crippen LogP contribution in [0, 0.1) is 16.0 Å². The fourth-order valence-corrected chi connectivity index (χ4v) is 2.22. The van der Waals surface area contributed by atoms with Crippen molar-refractivity contribution in [3.05, 3.63) is 34.4 Å². The fourth-order valence-electron chi connectivity index (χ4n) is 2.22. The van der Waals surface area contributed by atoms with Crippen LogP contribution in [0.4, 0.5) is 16.2 Å². The second-order valence-corrected chi connectivity index (χ2v) is 4.85. The van der Waals surface area contributed by atoms with E-state index in [9.17, 15) is 14.9 Å². The van der Waals surface area contributed by atoms with Crippen LogP contribution in [0.5, 0.6) is 0 Å². The molecule has 108 valence electrons. The lowest BCUT2D eigenvalue weighted by Crippen LogP contribution is -2.38. The van der Waals surface area contributed by atoms with E-state index in [0.717, 1.165) is 19.4 Å². The Hall–Kier alpha value is -2.15. The average Bonchev–Trinajstić information content (AvgIpc) is 2.36. The number of nitrogens with one attached hydrogen (secondary N) is 2. The van der Waals surface area contributed by atoms with Gasteiger partial charge in [-0.25, -0.2) is 4.79 Å². The predicted molar refractivity (Wildman–Crippen MR) is 73.6 cm³/mol. The first-order valence-electron chi connectivity index (χ1n) is 6.45. The number of rotatable bonds is 5. The molecular formula is C13H17N3O4. The van der Waals surface area contributed by atoms with E-state index in [-0.39, 0.29) is 11.8 Å². The topological polar surface area (TPSA) is 93.5 Å². The highest BCUT2D eigenvalue weighted by molar-refractivity contribution is 5.85. The van der Waals surface area contributed by atoms with Gasteiger partial charge >= 0.3 is 6.09 Å². The molecule has 1 amide bonds. The number of hydrogen-bond donors (Lipinski definition) is 2. The SMILES string of the molecule is CNCC1CC(OC(=O)Nc2cccc([N+](=O)[O-])c2)C1. The highest BCUT2D eigenvalue weighted by Gasteiger charge is 2.31. The van der Waals surface area contributed by atoms with Crippen molar-refractivity contribution in [1.29, 1.82) is 0 Å². The molecule has 0 spiro atoms. The van der Waals surface area contributed by atoms with Gasteiger partial charge < -0.3 is 10.1 Å². The first kappa shape index (κ1) is 14.3. The number of amides is 1. The van der Waals surface area contributed by atoms with Gasteiger partial charge in [0.05, 0.1) is 10.6 Å². The Morgan fingerprint density at radius 1 is 1.50 bits per heavy atom. The lowest BCUT2D eigenvalue weighted by atomic mass is 9.82. The third-order valence-electron chi connectivity index (χ3n) is 3.26. The number of non-ortho nitro benzene ring substituents is 1. The van der Waals surface area contributed by atoms with Crippen molar-refractivity contribution in [3.8, 4) is 0 Å². The van der Waals surface area contributed by atoms with Gasteiger partial charge in [-0.05, 0) is 38.4 Å². The number of hydrogen-bond acceptors (Lipinski definition) is 5. The molecule has 7 nitrogen and oxygen atoms in total. The van der Waals surface area contributed by atoms with E-state index in [2.05, 4.69) is 10.6 Å². The Bertz CT molecular complexity index is 500. The van der Waals surface area contributed by atoms with Crippen LogP contribution >= 0.6 is 0 Å². The van der Waals surface area contributed by atoms with Crippen LogP contribution in [-0.2, 0) is 4.74 Å². The molecule has 1 aromatic carbocycles. The number of carbonyl (C=O) groups is 1. The van der Waals surface area contributed by atoms with E-state index in [0.29, 0.717) is 11.6 Å². The largest absolute Gasteiger partial charge is 0.446 e. The third kappa shape index (κ3) is 3.67. The molecule has 2 rings (SSSR count). The monoisotopic (exact) mass is 279 g/mol. The van der Waals surface area contributed by atoms with E-state index in [1.165, 1.54) is 18.2 Å². The van der Waals surface area contributed by atoms with Crippen LogP contribution in [0.2, 0.25) is 0 Å². The second kappa shape index (κ2) is 6.33. The first-order chi connectivity index (χ1) is 9.58. The van der Waals surface area contributed by atoms with Gasteiger partial charge in [-0.2, -0.15) is 0 Å². The zero-order valence-electron chi connectivity index (χ0n) is 11.2. The van der Waals surface area contributed by atoms with Gasteiger partial charge in [-0.1, -0.05) is 6.07 Å². The molecule has 20 heavy (non-hydrogen) atoms. The van der Waals surface area contributed by atoms with Crippen LogP contribution in [0.25, 0.3) is 0 Å². The number of anilines is 1. The van der Waals surface area contributed by atoms with Gasteiger partial charge in [0.2, 0.25) is 0 Å². The van der Waals surface area contributed by atoms with E-state index in [1.807, 2.05) is 7.05 Å². The van der Waals surface area contributed by atoms with E-state index in [1.54, 1.807) is 6.07 Å². The van der Waals surface area contributed by atoms with Crippen molar-refractivity contribution in [2.45, 2.75) is 18.9 Å². The number of benzene rings is 1. The van der Waals surface area contributed by atoms with Gasteiger partial charge in [0.1, 0.15) is 6.10 Å². The molecule has 0 bridgehead atoms. The van der Waals surface area contributed by atoms with Crippen molar-refractivity contribution in [2.24, 2.45) is 5.92 Å². The highest BCUT2D eigenvalue weighted by atomic mass is 16.6. The average molecular weight is 279 g/mol. The summed E-state index contributed by atoms with van der Waals surface area (Å²) >= 11 is 0. The molecule has 0 radical (unpaired) electrons. The van der Waals surface area contributed by atoms with Crippen molar-refractivity contribution in [3.63, 3.8) is 0 Å². The smallest absolute Gasteiger partial charge is 0.411 e. The summed E-state index contributed by atoms with van der Waals surface area (Å²) < 4.78 is 5.22. The molecule has 2 N–H and O–H groups in total. The Balaban J connectivity index is 1.80. The maximum absolute atomic E-state index is 11.6. The number of nitro groups is 1. The number of nitrogens with zero attached hydrogens (tertiary/aromatic N) is 1. The van der Waals surface area contributed by atoms with Crippen LogP contribution in [0.3, 0.4) is 0 Å². The van der Waals surface area contributed by atoms with Gasteiger partial charge in [-0.3, -0.25) is 15.4 Å². The van der Waals surface area contributed by atoms with Crippen LogP contribution in [-0.4, -0.2) is 30.7 Å². The Morgan fingerprint density at radius 3 is 2.90 bits per heavy atom. The summed E-state index contributed by atoms with van der Waals surface area (Å²) in [5.41, 5.74) is 0.288. The Morgan fingerprint density at radius 2 is 2.25 bits per heavy atom. The van der Waals surface area contributed by atoms with Gasteiger partial charge in [0, 0.05) is 12.1 Å². The lowest BCUT2D eigenvalue weighted by molar-refractivity contribution is -0.384. The number of carbonyl (C=O) groups excluding carboxylic acids is 1. The van der Waals surface area contributed by atoms with Crippen molar-refractivity contribution in [1.82, 2.24) is 5.32 Å². The molecule has 1 aromatic rings. The zero-order valence-corrected chi connectivity index (χ0v) is 11.2. The van der Waals surface area contributed by atoms with Crippen molar-refractivity contribution in [2.75, 3.05) is 18.9 Å². The second-order valence-electron chi connectivity index (χ2n) is 4.85. The number of ether oxygens (including phenoxy) is 1. The molecule has 1 aliphatic rings. The predicted octanol–water partition coefficient (Wildman–Crippen LogP) is 2.14. The summed E-state index contributed by atoms with van der Waals surface area (Å²) in [5, 5.41) is 16.2. The molecule has 1 saturated carbocycles. The summed E-state index contributed by atoms with van der Waals surface area (Å²) in [6.45, 7) is 0.923. The zero-order chi connectivity index (χ0) is 14.5. The van der Waals surface area contributed by atoms with Crippen LogP contribution in [0.1, 0.15) is 12.8 Å². The van der Waals surface area contributed by atoms with Crippen molar-refractivity contribution >= 4 is 17.5 Å². The van der Waals surface area contributed by atoms with Gasteiger partial charge in [0.25, 0.3) is 5.69 Å². The summed E-state index contributed by atoms with van der Waals surface area (Å²) in [7, 11) is 1.89. The fraction of sp³-hybridized carbons (Fsp3) is 0.462. The minimum Gasteiger partial charge on any atom is -0.446 e. The molecule has 0 aliphatic heterocycles. The standard InChI is InChI=1S/C13H17N3O4/c1-14-8-9-5-12(6-9)20-13(17)15-10-3-2-4-11(7-10)16(18)19/h2-4,7,9,12,14H,5-6,8H2,1H3,(H,15,17). The summed E-state index contributed by atoms with van der Waals surface area (Å²) in [6.07, 6.45) is 1.07. The third-order valence-corrected chi connectivity index (χ3v) is 3.26. The van der Waals surface area contributed by atoms with Gasteiger partial charge in [-0.15, -0.1) is 0 Å². The quantitative estimate of drug-likeness (QED) is 0.636. The molecule has 1 aliphatic carbocycles. The van der Waals surface area contributed by atoms with Crippen LogP contribution in [0.15, 0.2) is 24.3 Å². The highest BCUT2D eigenvalue weighted by Crippen LogP contribution is 2.29. The van der Waals surface area contributed by atoms with Crippen molar-refractivity contribution < 1.29 is 14.5 Å². The Labute approximate surface area is 116 Å². The molecule has 0 heterocycles. The van der Waals surface area contributed by atoms with Gasteiger partial charge in [0.15, 0.2) is 0 Å².